The molecular formula is C80H102O25Si5. The lowest BCUT2D eigenvalue weighted by molar-refractivity contribution is -0.210. The van der Waals surface area contributed by atoms with Gasteiger partial charge in [-0.25, -0.2) is 72.8 Å². The van der Waals surface area contributed by atoms with Gasteiger partial charge in [0.25, 0.3) is 0 Å². The number of carbonyl (C=O) groups is 10. The number of hydrogen-bond donors (Lipinski definition) is 0. The number of hydrogen-bond acceptors (Lipinski definition) is 25. The Morgan fingerprint density at radius 3 is 0.627 bits per heavy atom. The van der Waals surface area contributed by atoms with E-state index in [1.165, 1.54) is 88.5 Å². The van der Waals surface area contributed by atoms with Gasteiger partial charge in [-0.05, 0) is 138 Å². The fourth-order valence-electron chi connectivity index (χ4n) is 11.2. The number of rotatable bonds is 39. The van der Waals surface area contributed by atoms with Crippen molar-refractivity contribution in [2.45, 2.75) is 146 Å². The molecule has 5 aromatic rings. The topological polar surface area (TPSA) is 309 Å². The van der Waals surface area contributed by atoms with Gasteiger partial charge >= 0.3 is 60.6 Å². The van der Waals surface area contributed by atoms with E-state index in [1.54, 1.807) is 60.7 Å². The van der Waals surface area contributed by atoms with Crippen molar-refractivity contribution in [1.29, 1.82) is 0 Å². The lowest BCUT2D eigenvalue weighted by atomic mass is 9.79. The lowest BCUT2D eigenvalue weighted by Crippen LogP contribution is -2.37. The van der Waals surface area contributed by atoms with E-state index in [4.69, 9.17) is 72.6 Å². The van der Waals surface area contributed by atoms with Crippen LogP contribution in [0.1, 0.15) is 198 Å². The van der Waals surface area contributed by atoms with Crippen molar-refractivity contribution < 1.29 is 121 Å². The molecule has 0 amide bonds. The zero-order valence-electron chi connectivity index (χ0n) is 64.4. The van der Waals surface area contributed by atoms with E-state index < -0.39 is 172 Å². The molecule has 0 aliphatic heterocycles. The molecule has 25 nitrogen and oxygen atoms in total. The molecule has 0 fully saturated rings. The second-order valence-corrected chi connectivity index (χ2v) is 33.4. The summed E-state index contributed by atoms with van der Waals surface area (Å²) < 4.78 is 27.2. The predicted molar refractivity (Wildman–Crippen MR) is 425 cm³/mol. The van der Waals surface area contributed by atoms with Crippen LogP contribution in [0.5, 0.6) is 0 Å². The number of carbonyl (C=O) groups excluding carboxylic acids is 10. The molecular weight excluding hydrogens is 1500 g/mol. The van der Waals surface area contributed by atoms with Crippen molar-refractivity contribution in [2.24, 2.45) is 17.8 Å². The van der Waals surface area contributed by atoms with E-state index in [2.05, 4.69) is 97.7 Å². The predicted octanol–water partition coefficient (Wildman–Crippen LogP) is 10.7. The molecule has 0 aliphatic rings. The minimum absolute atomic E-state index is 0.0170. The van der Waals surface area contributed by atoms with Crippen LogP contribution < -0.4 is 25.9 Å². The monoisotopic (exact) mass is 1600 g/mol. The summed E-state index contributed by atoms with van der Waals surface area (Å²) >= 11 is 0. The highest BCUT2D eigenvalue weighted by atomic mass is 28.2. The van der Waals surface area contributed by atoms with Crippen molar-refractivity contribution in [3.63, 3.8) is 0 Å². The van der Waals surface area contributed by atoms with Gasteiger partial charge in [-0.15, -0.1) is 0 Å². The maximum atomic E-state index is 13.6. The smallest absolute Gasteiger partial charge is 0.432 e. The minimum Gasteiger partial charge on any atom is -0.432 e. The molecule has 0 spiro atoms. The van der Waals surface area contributed by atoms with Crippen LogP contribution in [-0.2, 0) is 72.6 Å². The van der Waals surface area contributed by atoms with Crippen LogP contribution in [0, 0.1) is 17.8 Å². The number of ether oxygens (including phenoxy) is 5. The van der Waals surface area contributed by atoms with Gasteiger partial charge in [0, 0.05) is 17.8 Å². The van der Waals surface area contributed by atoms with Gasteiger partial charge in [-0.1, -0.05) is 212 Å². The fourth-order valence-corrected chi connectivity index (χ4v) is 19.3. The van der Waals surface area contributed by atoms with Gasteiger partial charge in [0.2, 0.25) is 0 Å². The van der Waals surface area contributed by atoms with Crippen LogP contribution in [0.25, 0.3) is 0 Å². The lowest BCUT2D eigenvalue weighted by Gasteiger charge is -2.32. The molecule has 0 heterocycles. The molecule has 110 heavy (non-hydrogen) atoms. The molecule has 2 atom stereocenters. The van der Waals surface area contributed by atoms with E-state index in [9.17, 15) is 47.9 Å². The molecule has 0 saturated carbocycles. The Balaban J connectivity index is 1.46. The van der Waals surface area contributed by atoms with E-state index >= 15 is 0 Å². The first-order valence-electron chi connectivity index (χ1n) is 37.3. The van der Waals surface area contributed by atoms with E-state index in [1.807, 2.05) is 0 Å². The van der Waals surface area contributed by atoms with Crippen LogP contribution in [0.15, 0.2) is 178 Å². The third-order valence-corrected chi connectivity index (χ3v) is 27.0. The summed E-state index contributed by atoms with van der Waals surface area (Å²) in [5.41, 5.74) is 18.0. The molecule has 30 heteroatoms. The fraction of sp³-hybridized carbons (Fsp3) is 0.375. The number of benzene rings is 5. The summed E-state index contributed by atoms with van der Waals surface area (Å²) in [7, 11) is -4.04. The van der Waals surface area contributed by atoms with E-state index in [-0.39, 0.29) is 27.8 Å². The Morgan fingerprint density at radius 2 is 0.436 bits per heavy atom. The summed E-state index contributed by atoms with van der Waals surface area (Å²) in [4.78, 5) is 181. The molecule has 0 aliphatic carbocycles. The molecule has 0 radical (unpaired) electrons. The normalized spacial score (nSPS) is 11.9. The van der Waals surface area contributed by atoms with Crippen molar-refractivity contribution in [3.05, 3.63) is 206 Å². The molecule has 5 rings (SSSR count). The first kappa shape index (κ1) is 90.2. The zero-order chi connectivity index (χ0) is 80.0. The molecule has 0 saturated heterocycles. The van der Waals surface area contributed by atoms with E-state index in [0.29, 0.717) is 0 Å². The molecule has 5 aromatic carbocycles. The van der Waals surface area contributed by atoms with Crippen LogP contribution in [0.2, 0.25) is 0 Å². The van der Waals surface area contributed by atoms with Gasteiger partial charge in [-0.2, -0.15) is 24.0 Å². The average Bonchev–Trinajstić information content (AvgIpc) is 0.858. The molecule has 0 bridgehead atoms. The molecule has 0 aromatic heterocycles. The van der Waals surface area contributed by atoms with E-state index in [0.717, 1.165) is 90.1 Å². The SMILES string of the molecule is CCC(=C[SiH2]c1ccc(C(=O)OOC(=O)OCCC(COC(=O)OOC(=O)c2ccc([SiH2]C=C(CC)CC)cc2)C(COC(=O)OOC(=O)c2ccc([SiH2]C=C(CC)CC)cc2)C(CCOC(=O)OOC(=O)c2ccc([SiH2]C=C(CC)CC)cc2)COC(=O)OOC(=O)c2ccc([SiH2]C=C(CC)CC)cc2)cc1)CC. The summed E-state index contributed by atoms with van der Waals surface area (Å²) in [6.07, 6.45) is 0.449. The highest BCUT2D eigenvalue weighted by molar-refractivity contribution is 6.60. The molecule has 0 N–H and O–H groups in total. The zero-order valence-corrected chi connectivity index (χ0v) is 71.5. The van der Waals surface area contributed by atoms with Crippen molar-refractivity contribution >= 4 is 134 Å². The molecule has 592 valence electrons. The Morgan fingerprint density at radius 1 is 0.255 bits per heavy atom. The van der Waals surface area contributed by atoms with Crippen LogP contribution in [-0.4, -0.2) is 141 Å². The maximum Gasteiger partial charge on any atom is 0.549 e. The second kappa shape index (κ2) is 51.1. The summed E-state index contributed by atoms with van der Waals surface area (Å²) in [5, 5.41) is 5.17. The maximum absolute atomic E-state index is 13.6. The first-order valence-corrected chi connectivity index (χ1v) is 44.9. The van der Waals surface area contributed by atoms with Crippen LogP contribution in [0.3, 0.4) is 0 Å². The van der Waals surface area contributed by atoms with Gasteiger partial charge in [0.15, 0.2) is 0 Å². The highest BCUT2D eigenvalue weighted by Gasteiger charge is 2.36. The van der Waals surface area contributed by atoms with Crippen LogP contribution in [0.4, 0.5) is 24.0 Å². The Hall–Kier alpha value is -10.4. The molecule has 2 unspecified atom stereocenters. The second-order valence-electron chi connectivity index (χ2n) is 25.3. The third-order valence-electron chi connectivity index (χ3n) is 18.4. The standard InChI is InChI=1S/C80H102O25Si5/c1-11-53(12-2)48-106-65-31-21-58(22-32-65)71(81)96-101-76(86)91-43-41-63(45-93-78(88)103-98-73(83)60-25-35-67(36-26-60)108-50-55(15-5)16-6)70(47-95-80(90)105-100-75(85)62-29-39-69(40-30-62)110-52-57(19-9)20-10)64(46-94-79(89)104-99-74(84)61-27-37-68(38-28-61)109-51-56(17-7)18-8)42-44-92-77(87)102-97-72(82)59-23-33-66(34-24-59)107-49-54(13-3)14-4/h21-40,48-52,63-64,70H,11-20,41-47,106-110H2,1-10H3. The van der Waals surface area contributed by atoms with Crippen molar-refractivity contribution in [3.8, 4) is 0 Å². The summed E-state index contributed by atoms with van der Waals surface area (Å²) in [6, 6.07) is 32.8. The first-order chi connectivity index (χ1) is 53.2. The highest BCUT2D eigenvalue weighted by Crippen LogP contribution is 2.30. The van der Waals surface area contributed by atoms with Crippen molar-refractivity contribution in [1.82, 2.24) is 0 Å². The largest absolute Gasteiger partial charge is 0.549 e. The Bertz CT molecular complexity index is 3710. The third kappa shape index (κ3) is 33.6. The average molecular weight is 1600 g/mol. The van der Waals surface area contributed by atoms with Gasteiger partial charge in [0.05, 0.1) is 108 Å². The Kier molecular flexibility index (Phi) is 41.9. The minimum atomic E-state index is -1.62. The van der Waals surface area contributed by atoms with Gasteiger partial charge in [-0.3, -0.25) is 0 Å². The summed E-state index contributed by atoms with van der Waals surface area (Å²) in [6.45, 7) is 16.9. The Labute approximate surface area is 653 Å². The van der Waals surface area contributed by atoms with Crippen LogP contribution >= 0.6 is 0 Å². The summed E-state index contributed by atoms with van der Waals surface area (Å²) in [5.74, 6) is -9.35. The van der Waals surface area contributed by atoms with Gasteiger partial charge < -0.3 is 23.7 Å². The quantitative estimate of drug-likeness (QED) is 0.0116. The van der Waals surface area contributed by atoms with Gasteiger partial charge in [0.1, 0.15) is 0 Å². The van der Waals surface area contributed by atoms with Crippen molar-refractivity contribution in [2.75, 3.05) is 33.0 Å². The number of allylic oxidation sites excluding steroid dienone is 5.